The van der Waals surface area contributed by atoms with Crippen molar-refractivity contribution in [2.45, 2.75) is 6.42 Å². The van der Waals surface area contributed by atoms with Crippen LogP contribution in [0.4, 0.5) is 0 Å². The minimum Gasteiger partial charge on any atom is -0.343 e. The van der Waals surface area contributed by atoms with Crippen LogP contribution in [0.1, 0.15) is 11.4 Å². The molecule has 0 fully saturated rings. The molecule has 4 aromatic heterocycles. The molecule has 0 aliphatic carbocycles. The van der Waals surface area contributed by atoms with E-state index in [2.05, 4.69) is 44.2 Å². The molecule has 92 valence electrons. The number of aromatic amines is 2. The summed E-state index contributed by atoms with van der Waals surface area (Å²) in [4.78, 5) is 15.3. The molecule has 0 bridgehead atoms. The number of rotatable bonds is 2. The Hall–Kier alpha value is -2.62. The van der Waals surface area contributed by atoms with Crippen LogP contribution in [0.3, 0.4) is 0 Å². The number of hydrogen-bond donors (Lipinski definition) is 2. The van der Waals surface area contributed by atoms with Crippen LogP contribution in [0.25, 0.3) is 22.1 Å². The first-order chi connectivity index (χ1) is 9.38. The lowest BCUT2D eigenvalue weighted by molar-refractivity contribution is 1.06. The Bertz CT molecular complexity index is 718. The van der Waals surface area contributed by atoms with Gasteiger partial charge in [0.2, 0.25) is 0 Å². The molecule has 4 nitrogen and oxygen atoms in total. The van der Waals surface area contributed by atoms with Gasteiger partial charge in [-0.15, -0.1) is 0 Å². The van der Waals surface area contributed by atoms with Crippen molar-refractivity contribution < 1.29 is 0 Å². The van der Waals surface area contributed by atoms with Crippen LogP contribution in [0, 0.1) is 0 Å². The fourth-order valence-electron chi connectivity index (χ4n) is 2.42. The number of nitrogens with zero attached hydrogens (tertiary/aromatic N) is 2. The van der Waals surface area contributed by atoms with Gasteiger partial charge in [-0.25, -0.2) is 9.97 Å². The third-order valence-electron chi connectivity index (χ3n) is 3.28. The van der Waals surface area contributed by atoms with Crippen molar-refractivity contribution in [3.05, 3.63) is 60.2 Å². The Kier molecular flexibility index (Phi) is 2.14. The standard InChI is InChI=1S/C15H12N4/c1-3-10-7-12(18-14(10)16-5-1)9-13-8-11-4-2-6-17-15(11)19-13/h1-8H,9H2,(H,16,18)(H,17,19). The van der Waals surface area contributed by atoms with Gasteiger partial charge in [0, 0.05) is 41.0 Å². The summed E-state index contributed by atoms with van der Waals surface area (Å²) in [6.07, 6.45) is 4.43. The zero-order chi connectivity index (χ0) is 12.7. The van der Waals surface area contributed by atoms with E-state index in [1.165, 1.54) is 0 Å². The molecule has 0 radical (unpaired) electrons. The first-order valence-corrected chi connectivity index (χ1v) is 6.24. The second kappa shape index (κ2) is 3.95. The number of pyridine rings is 2. The summed E-state index contributed by atoms with van der Waals surface area (Å²) in [5.74, 6) is 0. The van der Waals surface area contributed by atoms with Gasteiger partial charge >= 0.3 is 0 Å². The van der Waals surface area contributed by atoms with Crippen LogP contribution in [0.5, 0.6) is 0 Å². The largest absolute Gasteiger partial charge is 0.343 e. The monoisotopic (exact) mass is 248 g/mol. The fraction of sp³-hybridized carbons (Fsp3) is 0.0667. The Morgan fingerprint density at radius 3 is 1.79 bits per heavy atom. The van der Waals surface area contributed by atoms with Crippen molar-refractivity contribution in [1.29, 1.82) is 0 Å². The smallest absolute Gasteiger partial charge is 0.137 e. The molecule has 0 aliphatic heterocycles. The lowest BCUT2D eigenvalue weighted by atomic mass is 10.2. The lowest BCUT2D eigenvalue weighted by Crippen LogP contribution is -1.87. The first-order valence-electron chi connectivity index (χ1n) is 6.24. The van der Waals surface area contributed by atoms with E-state index in [0.29, 0.717) is 0 Å². The molecule has 4 heterocycles. The van der Waals surface area contributed by atoms with E-state index in [0.717, 1.165) is 39.9 Å². The third kappa shape index (κ3) is 1.78. The number of aromatic nitrogens is 4. The molecule has 0 saturated carbocycles. The molecule has 19 heavy (non-hydrogen) atoms. The summed E-state index contributed by atoms with van der Waals surface area (Å²) in [6, 6.07) is 12.3. The number of hydrogen-bond acceptors (Lipinski definition) is 2. The van der Waals surface area contributed by atoms with Gasteiger partial charge in [-0.2, -0.15) is 0 Å². The number of H-pyrrole nitrogens is 2. The summed E-state index contributed by atoms with van der Waals surface area (Å²) in [7, 11) is 0. The van der Waals surface area contributed by atoms with Crippen LogP contribution < -0.4 is 0 Å². The van der Waals surface area contributed by atoms with Crippen molar-refractivity contribution in [1.82, 2.24) is 19.9 Å². The summed E-state index contributed by atoms with van der Waals surface area (Å²) in [5.41, 5.74) is 4.18. The van der Waals surface area contributed by atoms with Crippen molar-refractivity contribution in [3.8, 4) is 0 Å². The molecule has 0 saturated heterocycles. The van der Waals surface area contributed by atoms with Gasteiger partial charge in [0.05, 0.1) is 0 Å². The number of fused-ring (bicyclic) bond motifs is 2. The molecule has 0 aromatic carbocycles. The molecular weight excluding hydrogens is 236 g/mol. The summed E-state index contributed by atoms with van der Waals surface area (Å²) < 4.78 is 0. The molecule has 2 N–H and O–H groups in total. The van der Waals surface area contributed by atoms with Gasteiger partial charge in [0.15, 0.2) is 0 Å². The second-order valence-corrected chi connectivity index (χ2v) is 4.65. The summed E-state index contributed by atoms with van der Waals surface area (Å²) in [5, 5.41) is 2.29. The predicted octanol–water partition coefficient (Wildman–Crippen LogP) is 3.03. The summed E-state index contributed by atoms with van der Waals surface area (Å²) in [6.45, 7) is 0. The molecule has 0 amide bonds. The average Bonchev–Trinajstić information content (AvgIpc) is 3.00. The molecule has 0 aliphatic rings. The number of nitrogens with one attached hydrogen (secondary N) is 2. The van der Waals surface area contributed by atoms with Crippen LogP contribution in [-0.4, -0.2) is 19.9 Å². The van der Waals surface area contributed by atoms with Crippen LogP contribution in [-0.2, 0) is 6.42 Å². The first kappa shape index (κ1) is 10.3. The molecular formula is C15H12N4. The molecule has 0 spiro atoms. The van der Waals surface area contributed by atoms with E-state index in [1.807, 2.05) is 12.1 Å². The van der Waals surface area contributed by atoms with E-state index in [1.54, 1.807) is 12.4 Å². The Morgan fingerprint density at radius 1 is 0.789 bits per heavy atom. The predicted molar refractivity (Wildman–Crippen MR) is 75.0 cm³/mol. The SMILES string of the molecule is c1cnc2[nH]c(Cc3cc4cccnc4[nH]3)cc2c1. The van der Waals surface area contributed by atoms with Crippen molar-refractivity contribution >= 4 is 22.1 Å². The highest BCUT2D eigenvalue weighted by atomic mass is 14.9. The normalized spacial score (nSPS) is 11.4. The maximum absolute atomic E-state index is 4.31. The van der Waals surface area contributed by atoms with Crippen LogP contribution in [0.2, 0.25) is 0 Å². The molecule has 4 rings (SSSR count). The van der Waals surface area contributed by atoms with Gasteiger partial charge in [-0.05, 0) is 36.4 Å². The fourth-order valence-corrected chi connectivity index (χ4v) is 2.42. The Morgan fingerprint density at radius 2 is 1.32 bits per heavy atom. The highest BCUT2D eigenvalue weighted by Gasteiger charge is 2.05. The van der Waals surface area contributed by atoms with Crippen molar-refractivity contribution in [2.75, 3.05) is 0 Å². The van der Waals surface area contributed by atoms with E-state index >= 15 is 0 Å². The van der Waals surface area contributed by atoms with Gasteiger partial charge in [0.25, 0.3) is 0 Å². The summed E-state index contributed by atoms with van der Waals surface area (Å²) >= 11 is 0. The Balaban J connectivity index is 1.73. The van der Waals surface area contributed by atoms with Crippen LogP contribution in [0.15, 0.2) is 48.8 Å². The lowest BCUT2D eigenvalue weighted by Gasteiger charge is -1.93. The Labute approximate surface area is 109 Å². The topological polar surface area (TPSA) is 57.4 Å². The molecule has 4 heteroatoms. The van der Waals surface area contributed by atoms with E-state index in [9.17, 15) is 0 Å². The van der Waals surface area contributed by atoms with Gasteiger partial charge in [-0.1, -0.05) is 0 Å². The minimum atomic E-state index is 0.826. The van der Waals surface area contributed by atoms with Gasteiger partial charge < -0.3 is 9.97 Å². The van der Waals surface area contributed by atoms with E-state index < -0.39 is 0 Å². The average molecular weight is 248 g/mol. The van der Waals surface area contributed by atoms with E-state index in [-0.39, 0.29) is 0 Å². The molecule has 0 atom stereocenters. The van der Waals surface area contributed by atoms with Crippen LogP contribution >= 0.6 is 0 Å². The van der Waals surface area contributed by atoms with Gasteiger partial charge in [-0.3, -0.25) is 0 Å². The maximum atomic E-state index is 4.31. The van der Waals surface area contributed by atoms with E-state index in [4.69, 9.17) is 0 Å². The van der Waals surface area contributed by atoms with Gasteiger partial charge in [0.1, 0.15) is 11.3 Å². The highest BCUT2D eigenvalue weighted by Crippen LogP contribution is 2.18. The quantitative estimate of drug-likeness (QED) is 0.573. The maximum Gasteiger partial charge on any atom is 0.137 e. The van der Waals surface area contributed by atoms with Crippen molar-refractivity contribution in [3.63, 3.8) is 0 Å². The molecule has 4 aromatic rings. The third-order valence-corrected chi connectivity index (χ3v) is 3.28. The highest BCUT2D eigenvalue weighted by molar-refractivity contribution is 5.77. The van der Waals surface area contributed by atoms with Crippen molar-refractivity contribution in [2.24, 2.45) is 0 Å². The zero-order valence-corrected chi connectivity index (χ0v) is 10.2. The minimum absolute atomic E-state index is 0.826. The zero-order valence-electron chi connectivity index (χ0n) is 10.2. The second-order valence-electron chi connectivity index (χ2n) is 4.65. The molecule has 0 unspecified atom stereocenters.